The Bertz CT molecular complexity index is 1100. The van der Waals surface area contributed by atoms with Crippen molar-refractivity contribution in [1.29, 1.82) is 0 Å². The molecule has 0 bridgehead atoms. The quantitative estimate of drug-likeness (QED) is 0.353. The summed E-state index contributed by atoms with van der Waals surface area (Å²) in [6.07, 6.45) is 0.600. The minimum Gasteiger partial charge on any atom is -0.493 e. The highest BCUT2D eigenvalue weighted by atomic mass is 32.1. The fraction of sp³-hybridized carbons (Fsp3) is 0.385. The van der Waals surface area contributed by atoms with E-state index in [9.17, 15) is 9.59 Å². The van der Waals surface area contributed by atoms with Gasteiger partial charge in [-0.15, -0.1) is 11.3 Å². The number of amides is 2. The zero-order valence-corrected chi connectivity index (χ0v) is 21.4. The molecule has 0 saturated carbocycles. The maximum Gasteiger partial charge on any atom is 0.264 e. The first kappa shape index (κ1) is 26.3. The van der Waals surface area contributed by atoms with E-state index in [-0.39, 0.29) is 18.4 Å². The second kappa shape index (κ2) is 13.0. The number of thiophene rings is 1. The van der Waals surface area contributed by atoms with E-state index in [1.807, 2.05) is 48.7 Å². The number of benzene rings is 1. The maximum absolute atomic E-state index is 13.5. The first-order valence-corrected chi connectivity index (χ1v) is 12.2. The Morgan fingerprint density at radius 2 is 1.77 bits per heavy atom. The van der Waals surface area contributed by atoms with Gasteiger partial charge in [-0.1, -0.05) is 12.1 Å². The van der Waals surface area contributed by atoms with Gasteiger partial charge in [0.1, 0.15) is 18.1 Å². The van der Waals surface area contributed by atoms with Gasteiger partial charge in [0.25, 0.3) is 5.91 Å². The molecule has 0 atom stereocenters. The van der Waals surface area contributed by atoms with Crippen molar-refractivity contribution in [2.75, 3.05) is 47.6 Å². The highest BCUT2D eigenvalue weighted by Crippen LogP contribution is 2.28. The predicted molar refractivity (Wildman–Crippen MR) is 134 cm³/mol. The first-order valence-electron chi connectivity index (χ1n) is 11.3. The first-order chi connectivity index (χ1) is 16.9. The molecule has 0 radical (unpaired) electrons. The number of hydrogen-bond acceptors (Lipinski definition) is 7. The third-order valence-electron chi connectivity index (χ3n) is 5.52. The topological polar surface area (TPSA) is 81.5 Å². The van der Waals surface area contributed by atoms with E-state index >= 15 is 0 Å². The van der Waals surface area contributed by atoms with Crippen LogP contribution in [-0.2, 0) is 22.5 Å². The summed E-state index contributed by atoms with van der Waals surface area (Å²) in [4.78, 5) is 30.3. The zero-order chi connectivity index (χ0) is 25.2. The molecule has 0 fully saturated rings. The normalized spacial score (nSPS) is 10.7. The number of methoxy groups -OCH3 is 3. The smallest absolute Gasteiger partial charge is 0.264 e. The molecule has 0 aliphatic carbocycles. The Hall–Kier alpha value is -3.30. The van der Waals surface area contributed by atoms with Crippen LogP contribution in [0.1, 0.15) is 26.8 Å². The Morgan fingerprint density at radius 3 is 2.40 bits per heavy atom. The van der Waals surface area contributed by atoms with Crippen molar-refractivity contribution in [3.05, 3.63) is 69.8 Å². The minimum absolute atomic E-state index is 0.0499. The third-order valence-corrected chi connectivity index (χ3v) is 6.38. The van der Waals surface area contributed by atoms with Crippen LogP contribution in [0.15, 0.2) is 52.3 Å². The summed E-state index contributed by atoms with van der Waals surface area (Å²) >= 11 is 1.35. The number of carbonyl (C=O) groups is 2. The van der Waals surface area contributed by atoms with Crippen LogP contribution in [0.4, 0.5) is 0 Å². The lowest BCUT2D eigenvalue weighted by Gasteiger charge is -2.27. The number of nitrogens with zero attached hydrogens (tertiary/aromatic N) is 2. The molecule has 3 aromatic rings. The molecular formula is C26H32N2O6S. The van der Waals surface area contributed by atoms with Gasteiger partial charge in [-0.05, 0) is 54.6 Å². The van der Waals surface area contributed by atoms with Crippen molar-refractivity contribution in [3.8, 4) is 11.5 Å². The van der Waals surface area contributed by atoms with Gasteiger partial charge < -0.3 is 28.4 Å². The van der Waals surface area contributed by atoms with E-state index in [0.717, 1.165) is 11.3 Å². The van der Waals surface area contributed by atoms with E-state index in [1.165, 1.54) is 16.2 Å². The van der Waals surface area contributed by atoms with Gasteiger partial charge in [0.05, 0.1) is 32.2 Å². The summed E-state index contributed by atoms with van der Waals surface area (Å²) in [7, 11) is 4.76. The lowest BCUT2D eigenvalue weighted by atomic mass is 10.1. The number of furan rings is 1. The average Bonchev–Trinajstić information content (AvgIpc) is 3.55. The Labute approximate surface area is 210 Å². The van der Waals surface area contributed by atoms with Crippen molar-refractivity contribution in [3.63, 3.8) is 0 Å². The zero-order valence-electron chi connectivity index (χ0n) is 20.6. The molecule has 3 rings (SSSR count). The van der Waals surface area contributed by atoms with Crippen LogP contribution < -0.4 is 9.47 Å². The van der Waals surface area contributed by atoms with Crippen molar-refractivity contribution >= 4 is 23.2 Å². The molecule has 2 amide bonds. The summed E-state index contributed by atoms with van der Waals surface area (Å²) in [6.45, 7) is 3.23. The van der Waals surface area contributed by atoms with Crippen LogP contribution >= 0.6 is 11.3 Å². The number of rotatable bonds is 13. The Kier molecular flexibility index (Phi) is 9.75. The van der Waals surface area contributed by atoms with Crippen LogP contribution in [0.3, 0.4) is 0 Å². The highest BCUT2D eigenvalue weighted by molar-refractivity contribution is 7.12. The number of hydrogen-bond donors (Lipinski definition) is 0. The predicted octanol–water partition coefficient (Wildman–Crippen LogP) is 4.03. The standard InChI is InChI=1S/C26H32N2O6S/c1-19-7-9-21(34-19)17-27(12-11-20-8-10-22(32-3)23(16-20)33-4)25(29)18-28(13-14-31-2)26(30)24-6-5-15-35-24/h5-10,15-16H,11-14,17-18H2,1-4H3. The number of carbonyl (C=O) groups excluding carboxylic acids is 2. The molecule has 8 nitrogen and oxygen atoms in total. The summed E-state index contributed by atoms with van der Waals surface area (Å²) < 4.78 is 21.6. The molecule has 35 heavy (non-hydrogen) atoms. The van der Waals surface area contributed by atoms with Gasteiger partial charge in [0.2, 0.25) is 5.91 Å². The molecule has 0 saturated heterocycles. The maximum atomic E-state index is 13.5. The SMILES string of the molecule is COCCN(CC(=O)N(CCc1ccc(OC)c(OC)c1)Cc1ccc(C)o1)C(=O)c1cccs1. The fourth-order valence-corrected chi connectivity index (χ4v) is 4.31. The summed E-state index contributed by atoms with van der Waals surface area (Å²) in [5.74, 6) is 2.41. The monoisotopic (exact) mass is 500 g/mol. The van der Waals surface area contributed by atoms with Crippen LogP contribution in [0.25, 0.3) is 0 Å². The van der Waals surface area contributed by atoms with E-state index in [4.69, 9.17) is 18.6 Å². The molecule has 0 unspecified atom stereocenters. The van der Waals surface area contributed by atoms with Crippen molar-refractivity contribution < 1.29 is 28.2 Å². The van der Waals surface area contributed by atoms with Gasteiger partial charge >= 0.3 is 0 Å². The van der Waals surface area contributed by atoms with E-state index in [0.29, 0.717) is 54.8 Å². The molecule has 0 aliphatic heterocycles. The lowest BCUT2D eigenvalue weighted by molar-refractivity contribution is -0.132. The van der Waals surface area contributed by atoms with Gasteiger partial charge in [0.15, 0.2) is 11.5 Å². The highest BCUT2D eigenvalue weighted by Gasteiger charge is 2.24. The van der Waals surface area contributed by atoms with E-state index in [2.05, 4.69) is 0 Å². The van der Waals surface area contributed by atoms with E-state index in [1.54, 1.807) is 32.3 Å². The molecule has 1 aromatic carbocycles. The third kappa shape index (κ3) is 7.34. The van der Waals surface area contributed by atoms with Gasteiger partial charge in [0, 0.05) is 20.2 Å². The molecule has 0 N–H and O–H groups in total. The molecule has 9 heteroatoms. The largest absolute Gasteiger partial charge is 0.493 e. The van der Waals surface area contributed by atoms with Crippen LogP contribution in [0, 0.1) is 6.92 Å². The second-order valence-electron chi connectivity index (χ2n) is 7.96. The Morgan fingerprint density at radius 1 is 0.971 bits per heavy atom. The van der Waals surface area contributed by atoms with Crippen molar-refractivity contribution in [2.24, 2.45) is 0 Å². The summed E-state index contributed by atoms with van der Waals surface area (Å²) in [5.41, 5.74) is 1.00. The summed E-state index contributed by atoms with van der Waals surface area (Å²) in [6, 6.07) is 13.0. The molecule has 188 valence electrons. The van der Waals surface area contributed by atoms with Crippen molar-refractivity contribution in [1.82, 2.24) is 9.80 Å². The fourth-order valence-electron chi connectivity index (χ4n) is 3.62. The molecule has 2 aromatic heterocycles. The molecule has 2 heterocycles. The van der Waals surface area contributed by atoms with Gasteiger partial charge in [-0.25, -0.2) is 0 Å². The van der Waals surface area contributed by atoms with Crippen LogP contribution in [-0.4, -0.2) is 69.2 Å². The number of aryl methyl sites for hydroxylation is 1. The summed E-state index contributed by atoms with van der Waals surface area (Å²) in [5, 5.41) is 1.85. The lowest BCUT2D eigenvalue weighted by Crippen LogP contribution is -2.44. The average molecular weight is 501 g/mol. The van der Waals surface area contributed by atoms with Crippen molar-refractivity contribution in [2.45, 2.75) is 19.9 Å². The van der Waals surface area contributed by atoms with Crippen LogP contribution in [0.5, 0.6) is 11.5 Å². The Balaban J connectivity index is 1.76. The van der Waals surface area contributed by atoms with Crippen LogP contribution in [0.2, 0.25) is 0 Å². The minimum atomic E-state index is -0.181. The van der Waals surface area contributed by atoms with E-state index < -0.39 is 0 Å². The second-order valence-corrected chi connectivity index (χ2v) is 8.91. The van der Waals surface area contributed by atoms with Gasteiger partial charge in [-0.3, -0.25) is 9.59 Å². The van der Waals surface area contributed by atoms with Gasteiger partial charge in [-0.2, -0.15) is 0 Å². The molecular weight excluding hydrogens is 468 g/mol. The molecule has 0 spiro atoms. The number of ether oxygens (including phenoxy) is 3. The molecule has 0 aliphatic rings.